The lowest BCUT2D eigenvalue weighted by Gasteiger charge is -2.42. The molecule has 0 bridgehead atoms. The van der Waals surface area contributed by atoms with Gasteiger partial charge in [0.05, 0.1) is 13.2 Å². The van der Waals surface area contributed by atoms with Gasteiger partial charge in [0, 0.05) is 6.92 Å². The number of hydrogen-bond donors (Lipinski definition) is 2. The number of aliphatic hydroxyl groups excluding tert-OH is 2. The van der Waals surface area contributed by atoms with E-state index in [9.17, 15) is 15.0 Å². The normalized spacial score (nSPS) is 26.8. The zero-order valence-electron chi connectivity index (χ0n) is 16.2. The topological polar surface area (TPSA) is 94.5 Å². The lowest BCUT2D eigenvalue weighted by Crippen LogP contribution is -2.60. The Kier molecular flexibility index (Phi) is 7.74. The van der Waals surface area contributed by atoms with Crippen molar-refractivity contribution in [1.29, 1.82) is 0 Å². The van der Waals surface area contributed by atoms with Crippen LogP contribution in [0.3, 0.4) is 0 Å². The number of rotatable bonds is 8. The smallest absolute Gasteiger partial charge is 0.302 e. The number of hydrogen-bond acceptors (Lipinski definition) is 7. The van der Waals surface area contributed by atoms with Gasteiger partial charge in [-0.05, 0) is 11.1 Å². The Morgan fingerprint density at radius 3 is 1.93 bits per heavy atom. The van der Waals surface area contributed by atoms with Crippen molar-refractivity contribution in [2.75, 3.05) is 6.61 Å². The Balaban J connectivity index is 1.71. The van der Waals surface area contributed by atoms with Crippen molar-refractivity contribution in [3.8, 4) is 0 Å². The lowest BCUT2D eigenvalue weighted by atomic mass is 9.98. The SMILES string of the molecule is CC(=O)OC[C@H]1O[C@@H](O)[C@H](OCc2ccccc2)[C@@H](OCc2ccccc2)[C@H]1O. The number of carbonyl (C=O) groups excluding carboxylic acids is 1. The molecule has 7 heteroatoms. The zero-order chi connectivity index (χ0) is 20.6. The van der Waals surface area contributed by atoms with E-state index in [2.05, 4.69) is 0 Å². The van der Waals surface area contributed by atoms with Crippen molar-refractivity contribution in [1.82, 2.24) is 0 Å². The summed E-state index contributed by atoms with van der Waals surface area (Å²) in [6, 6.07) is 19.0. The third-order valence-corrected chi connectivity index (χ3v) is 4.66. The lowest BCUT2D eigenvalue weighted by molar-refractivity contribution is -0.307. The average Bonchev–Trinajstić information content (AvgIpc) is 2.73. The Bertz CT molecular complexity index is 752. The molecule has 0 spiro atoms. The van der Waals surface area contributed by atoms with Gasteiger partial charge in [0.15, 0.2) is 6.29 Å². The average molecular weight is 402 g/mol. The Hall–Kier alpha value is -2.29. The molecule has 0 saturated carbocycles. The van der Waals surface area contributed by atoms with Crippen molar-refractivity contribution in [2.45, 2.75) is 50.8 Å². The van der Waals surface area contributed by atoms with E-state index < -0.39 is 36.7 Å². The van der Waals surface area contributed by atoms with Crippen LogP contribution in [0, 0.1) is 0 Å². The van der Waals surface area contributed by atoms with Crippen molar-refractivity contribution in [3.63, 3.8) is 0 Å². The standard InChI is InChI=1S/C22H26O7/c1-15(23)26-14-18-19(24)20(27-12-16-8-4-2-5-9-16)21(22(25)29-18)28-13-17-10-6-3-7-11-17/h2-11,18-22,24-25H,12-14H2,1H3/t18-,19+,20+,21-,22-/m1/s1. The van der Waals surface area contributed by atoms with Gasteiger partial charge in [-0.1, -0.05) is 60.7 Å². The molecule has 1 aliphatic heterocycles. The molecule has 29 heavy (non-hydrogen) atoms. The molecule has 0 amide bonds. The third-order valence-electron chi connectivity index (χ3n) is 4.66. The van der Waals surface area contributed by atoms with Gasteiger partial charge in [0.25, 0.3) is 0 Å². The second kappa shape index (κ2) is 10.5. The van der Waals surface area contributed by atoms with E-state index in [0.29, 0.717) is 0 Å². The van der Waals surface area contributed by atoms with Gasteiger partial charge in [-0.25, -0.2) is 0 Å². The molecule has 2 aromatic carbocycles. The first-order valence-electron chi connectivity index (χ1n) is 9.50. The second-order valence-electron chi connectivity index (χ2n) is 6.88. The Morgan fingerprint density at radius 2 is 1.41 bits per heavy atom. The van der Waals surface area contributed by atoms with Gasteiger partial charge in [-0.15, -0.1) is 0 Å². The monoisotopic (exact) mass is 402 g/mol. The highest BCUT2D eigenvalue weighted by atomic mass is 16.7. The van der Waals surface area contributed by atoms with Crippen LogP contribution in [0.15, 0.2) is 60.7 Å². The number of esters is 1. The molecular formula is C22H26O7. The van der Waals surface area contributed by atoms with Crippen LogP contribution in [-0.4, -0.2) is 53.5 Å². The third kappa shape index (κ3) is 6.09. The molecule has 0 radical (unpaired) electrons. The highest BCUT2D eigenvalue weighted by Crippen LogP contribution is 2.27. The van der Waals surface area contributed by atoms with Crippen LogP contribution in [-0.2, 0) is 37.0 Å². The summed E-state index contributed by atoms with van der Waals surface area (Å²) in [6.45, 7) is 1.52. The van der Waals surface area contributed by atoms with Crippen molar-refractivity contribution < 1.29 is 34.0 Å². The highest BCUT2D eigenvalue weighted by molar-refractivity contribution is 5.65. The van der Waals surface area contributed by atoms with Crippen LogP contribution in [0.2, 0.25) is 0 Å². The summed E-state index contributed by atoms with van der Waals surface area (Å²) in [4.78, 5) is 11.1. The van der Waals surface area contributed by atoms with Crippen molar-refractivity contribution >= 4 is 5.97 Å². The fourth-order valence-corrected chi connectivity index (χ4v) is 3.15. The quantitative estimate of drug-likeness (QED) is 0.650. The molecule has 0 aliphatic carbocycles. The summed E-state index contributed by atoms with van der Waals surface area (Å²) in [5.41, 5.74) is 1.83. The summed E-state index contributed by atoms with van der Waals surface area (Å²) in [5, 5.41) is 21.3. The first kappa shape index (κ1) is 21.4. The number of carbonyl (C=O) groups is 1. The molecule has 3 rings (SSSR count). The van der Waals surface area contributed by atoms with Gasteiger partial charge in [0.1, 0.15) is 31.0 Å². The maximum atomic E-state index is 11.1. The molecule has 1 heterocycles. The van der Waals surface area contributed by atoms with E-state index >= 15 is 0 Å². The van der Waals surface area contributed by atoms with E-state index in [0.717, 1.165) is 11.1 Å². The van der Waals surface area contributed by atoms with Crippen LogP contribution < -0.4 is 0 Å². The summed E-state index contributed by atoms with van der Waals surface area (Å²) >= 11 is 0. The molecule has 1 fully saturated rings. The second-order valence-corrected chi connectivity index (χ2v) is 6.88. The van der Waals surface area contributed by atoms with Crippen LogP contribution in [0.5, 0.6) is 0 Å². The van der Waals surface area contributed by atoms with E-state index in [-0.39, 0.29) is 19.8 Å². The predicted octanol–water partition coefficient (Wildman–Crippen LogP) is 1.80. The molecular weight excluding hydrogens is 376 g/mol. The van der Waals surface area contributed by atoms with Gasteiger partial charge in [0.2, 0.25) is 0 Å². The molecule has 2 aromatic rings. The Labute approximate surface area is 169 Å². The summed E-state index contributed by atoms with van der Waals surface area (Å²) < 4.78 is 22.2. The maximum absolute atomic E-state index is 11.1. The molecule has 0 aromatic heterocycles. The Morgan fingerprint density at radius 1 is 0.897 bits per heavy atom. The van der Waals surface area contributed by atoms with E-state index in [4.69, 9.17) is 18.9 Å². The number of aliphatic hydroxyl groups is 2. The zero-order valence-corrected chi connectivity index (χ0v) is 16.2. The first-order chi connectivity index (χ1) is 14.0. The number of benzene rings is 2. The van der Waals surface area contributed by atoms with Gasteiger partial charge >= 0.3 is 5.97 Å². The molecule has 2 N–H and O–H groups in total. The largest absolute Gasteiger partial charge is 0.463 e. The van der Waals surface area contributed by atoms with E-state index in [1.165, 1.54) is 6.92 Å². The van der Waals surface area contributed by atoms with Crippen molar-refractivity contribution in [2.24, 2.45) is 0 Å². The molecule has 5 atom stereocenters. The first-order valence-corrected chi connectivity index (χ1v) is 9.50. The fourth-order valence-electron chi connectivity index (χ4n) is 3.15. The molecule has 0 unspecified atom stereocenters. The number of ether oxygens (including phenoxy) is 4. The van der Waals surface area contributed by atoms with E-state index in [1.54, 1.807) is 0 Å². The minimum atomic E-state index is -1.34. The molecule has 1 aliphatic rings. The minimum Gasteiger partial charge on any atom is -0.463 e. The van der Waals surface area contributed by atoms with Crippen LogP contribution in [0.25, 0.3) is 0 Å². The summed E-state index contributed by atoms with van der Waals surface area (Å²) in [5.74, 6) is -0.500. The van der Waals surface area contributed by atoms with Gasteiger partial charge in [-0.3, -0.25) is 4.79 Å². The molecule has 1 saturated heterocycles. The van der Waals surface area contributed by atoms with Gasteiger partial charge < -0.3 is 29.2 Å². The molecule has 7 nitrogen and oxygen atoms in total. The van der Waals surface area contributed by atoms with Crippen molar-refractivity contribution in [3.05, 3.63) is 71.8 Å². The summed E-state index contributed by atoms with van der Waals surface area (Å²) in [7, 11) is 0. The fraction of sp³-hybridized carbons (Fsp3) is 0.409. The minimum absolute atomic E-state index is 0.190. The van der Waals surface area contributed by atoms with E-state index in [1.807, 2.05) is 60.7 Å². The molecule has 156 valence electrons. The van der Waals surface area contributed by atoms with Crippen LogP contribution >= 0.6 is 0 Å². The van der Waals surface area contributed by atoms with Crippen LogP contribution in [0.1, 0.15) is 18.1 Å². The van der Waals surface area contributed by atoms with Crippen LogP contribution in [0.4, 0.5) is 0 Å². The van der Waals surface area contributed by atoms with Gasteiger partial charge in [-0.2, -0.15) is 0 Å². The summed E-state index contributed by atoms with van der Waals surface area (Å²) in [6.07, 6.45) is -5.21. The highest BCUT2D eigenvalue weighted by Gasteiger charge is 2.46. The maximum Gasteiger partial charge on any atom is 0.302 e. The predicted molar refractivity (Wildman–Crippen MR) is 104 cm³/mol.